The van der Waals surface area contributed by atoms with Crippen molar-refractivity contribution >= 4 is 0 Å². The number of aromatic nitrogens is 1. The van der Waals surface area contributed by atoms with Crippen LogP contribution < -0.4 is 5.32 Å². The lowest BCUT2D eigenvalue weighted by Gasteiger charge is -2.39. The molecule has 2 fully saturated rings. The number of nitrogens with zero attached hydrogens (tertiary/aromatic N) is 2. The van der Waals surface area contributed by atoms with Gasteiger partial charge in [-0.05, 0) is 37.0 Å². The maximum absolute atomic E-state index is 4.27. The van der Waals surface area contributed by atoms with Crippen LogP contribution >= 0.6 is 0 Å². The molecule has 0 saturated carbocycles. The maximum atomic E-state index is 4.27. The molecule has 2 atom stereocenters. The van der Waals surface area contributed by atoms with Crippen molar-refractivity contribution in [3.05, 3.63) is 41.9 Å². The van der Waals surface area contributed by atoms with Gasteiger partial charge in [-0.15, -0.1) is 0 Å². The molecule has 0 aliphatic carbocycles. The molecule has 3 heterocycles. The summed E-state index contributed by atoms with van der Waals surface area (Å²) in [4.78, 5) is 6.75. The molecule has 1 aromatic heterocycles. The van der Waals surface area contributed by atoms with Crippen LogP contribution in [0.3, 0.4) is 0 Å². The molecule has 3 rings (SSSR count). The Morgan fingerprint density at radius 2 is 2.41 bits per heavy atom. The zero-order chi connectivity index (χ0) is 11.8. The van der Waals surface area contributed by atoms with Crippen LogP contribution in [0, 0.1) is 6.92 Å². The van der Waals surface area contributed by atoms with Crippen molar-refractivity contribution in [1.29, 1.82) is 0 Å². The molecule has 2 aliphatic heterocycles. The van der Waals surface area contributed by atoms with Crippen molar-refractivity contribution in [2.45, 2.75) is 31.8 Å². The summed E-state index contributed by atoms with van der Waals surface area (Å²) in [5.74, 6) is 0. The van der Waals surface area contributed by atoms with Gasteiger partial charge in [-0.3, -0.25) is 4.98 Å². The quantitative estimate of drug-likeness (QED) is 0.798. The molecule has 1 N–H and O–H groups in total. The Labute approximate surface area is 103 Å². The van der Waals surface area contributed by atoms with Crippen molar-refractivity contribution < 1.29 is 0 Å². The monoisotopic (exact) mass is 229 g/mol. The first-order valence-corrected chi connectivity index (χ1v) is 6.35. The number of piperazine rings is 1. The van der Waals surface area contributed by atoms with Crippen LogP contribution in [-0.2, 0) is 0 Å². The molecular formula is C14H19N3. The molecule has 0 unspecified atom stereocenters. The second kappa shape index (κ2) is 4.15. The molecule has 3 nitrogen and oxygen atoms in total. The first kappa shape index (κ1) is 10.8. The van der Waals surface area contributed by atoms with E-state index >= 15 is 0 Å². The van der Waals surface area contributed by atoms with Crippen molar-refractivity contribution in [1.82, 2.24) is 15.2 Å². The van der Waals surface area contributed by atoms with Gasteiger partial charge in [0, 0.05) is 37.2 Å². The van der Waals surface area contributed by atoms with E-state index in [1.807, 2.05) is 12.4 Å². The molecule has 90 valence electrons. The van der Waals surface area contributed by atoms with Gasteiger partial charge in [-0.25, -0.2) is 0 Å². The highest BCUT2D eigenvalue weighted by Gasteiger charge is 2.37. The van der Waals surface area contributed by atoms with Crippen molar-refractivity contribution in [2.24, 2.45) is 0 Å². The average Bonchev–Trinajstić information content (AvgIpc) is 2.72. The smallest absolute Gasteiger partial charge is 0.0545 e. The third-order valence-corrected chi connectivity index (χ3v) is 4.05. The Kier molecular flexibility index (Phi) is 2.63. The Bertz CT molecular complexity index is 441. The maximum Gasteiger partial charge on any atom is 0.0545 e. The van der Waals surface area contributed by atoms with Gasteiger partial charge in [0.25, 0.3) is 0 Å². The van der Waals surface area contributed by atoms with E-state index in [0.29, 0.717) is 12.1 Å². The second-order valence-corrected chi connectivity index (χ2v) is 5.03. The molecule has 17 heavy (non-hydrogen) atoms. The number of rotatable bonds is 1. The molecule has 2 saturated heterocycles. The minimum Gasteiger partial charge on any atom is -0.369 e. The summed E-state index contributed by atoms with van der Waals surface area (Å²) >= 11 is 0. The molecule has 0 spiro atoms. The fourth-order valence-electron chi connectivity index (χ4n) is 3.11. The van der Waals surface area contributed by atoms with E-state index in [1.165, 1.54) is 23.2 Å². The number of pyridine rings is 1. The molecule has 0 bridgehead atoms. The number of nitrogens with one attached hydrogen (secondary N) is 1. The lowest BCUT2D eigenvalue weighted by atomic mass is 9.94. The minimum atomic E-state index is 0.414. The van der Waals surface area contributed by atoms with E-state index in [4.69, 9.17) is 0 Å². The van der Waals surface area contributed by atoms with E-state index in [0.717, 1.165) is 19.5 Å². The third kappa shape index (κ3) is 1.75. The number of aryl methyl sites for hydroxylation is 1. The van der Waals surface area contributed by atoms with E-state index in [1.54, 1.807) is 0 Å². The summed E-state index contributed by atoms with van der Waals surface area (Å²) in [5, 5.41) is 3.65. The summed E-state index contributed by atoms with van der Waals surface area (Å²) < 4.78 is 0. The number of hydrogen-bond donors (Lipinski definition) is 1. The van der Waals surface area contributed by atoms with E-state index < -0.39 is 0 Å². The largest absolute Gasteiger partial charge is 0.369 e. The molecule has 0 aromatic carbocycles. The van der Waals surface area contributed by atoms with Gasteiger partial charge in [0.2, 0.25) is 0 Å². The molecule has 0 radical (unpaired) electrons. The van der Waals surface area contributed by atoms with Gasteiger partial charge in [-0.2, -0.15) is 0 Å². The van der Waals surface area contributed by atoms with Gasteiger partial charge in [-0.1, -0.05) is 6.58 Å². The summed E-state index contributed by atoms with van der Waals surface area (Å²) in [5.41, 5.74) is 3.98. The van der Waals surface area contributed by atoms with Gasteiger partial charge < -0.3 is 10.2 Å². The lowest BCUT2D eigenvalue weighted by molar-refractivity contribution is 0.188. The zero-order valence-corrected chi connectivity index (χ0v) is 10.3. The van der Waals surface area contributed by atoms with E-state index in [2.05, 4.69) is 34.8 Å². The van der Waals surface area contributed by atoms with E-state index in [-0.39, 0.29) is 0 Å². The predicted molar refractivity (Wildman–Crippen MR) is 68.6 cm³/mol. The van der Waals surface area contributed by atoms with Crippen LogP contribution in [0.25, 0.3) is 0 Å². The molecule has 2 aliphatic rings. The second-order valence-electron chi connectivity index (χ2n) is 5.03. The highest BCUT2D eigenvalue weighted by Crippen LogP contribution is 2.36. The van der Waals surface area contributed by atoms with Crippen LogP contribution in [0.5, 0.6) is 0 Å². The Morgan fingerprint density at radius 1 is 1.53 bits per heavy atom. The molecular weight excluding hydrogens is 210 g/mol. The van der Waals surface area contributed by atoms with Gasteiger partial charge >= 0.3 is 0 Å². The fourth-order valence-corrected chi connectivity index (χ4v) is 3.11. The average molecular weight is 229 g/mol. The van der Waals surface area contributed by atoms with Crippen LogP contribution in [0.15, 0.2) is 30.7 Å². The zero-order valence-electron chi connectivity index (χ0n) is 10.3. The minimum absolute atomic E-state index is 0.414. The molecule has 0 amide bonds. The van der Waals surface area contributed by atoms with Crippen LogP contribution in [0.4, 0.5) is 0 Å². The highest BCUT2D eigenvalue weighted by atomic mass is 15.3. The summed E-state index contributed by atoms with van der Waals surface area (Å²) in [6.07, 6.45) is 6.23. The third-order valence-electron chi connectivity index (χ3n) is 4.05. The number of hydrogen-bond acceptors (Lipinski definition) is 3. The van der Waals surface area contributed by atoms with Crippen molar-refractivity contribution in [2.75, 3.05) is 13.1 Å². The standard InChI is InChI=1S/C14H19N3/c1-10-5-6-15-9-12(10)14-13-4-3-11(2)17(13)8-7-16-14/h5-6,9,13-14,16H,2-4,7-8H2,1H3/t13-,14-/m0/s1. The summed E-state index contributed by atoms with van der Waals surface area (Å²) in [7, 11) is 0. The summed E-state index contributed by atoms with van der Waals surface area (Å²) in [6, 6.07) is 3.08. The lowest BCUT2D eigenvalue weighted by Crippen LogP contribution is -2.49. The Morgan fingerprint density at radius 3 is 3.24 bits per heavy atom. The number of allylic oxidation sites excluding steroid dienone is 1. The molecule has 3 heteroatoms. The predicted octanol–water partition coefficient (Wildman–Crippen LogP) is 2.01. The van der Waals surface area contributed by atoms with Gasteiger partial charge in [0.15, 0.2) is 0 Å². The Balaban J connectivity index is 1.93. The highest BCUT2D eigenvalue weighted by molar-refractivity contribution is 5.28. The van der Waals surface area contributed by atoms with Gasteiger partial charge in [0.1, 0.15) is 0 Å². The van der Waals surface area contributed by atoms with Crippen molar-refractivity contribution in [3.8, 4) is 0 Å². The van der Waals surface area contributed by atoms with Gasteiger partial charge in [0.05, 0.1) is 6.04 Å². The van der Waals surface area contributed by atoms with Crippen LogP contribution in [-0.4, -0.2) is 29.0 Å². The fraction of sp³-hybridized carbons (Fsp3) is 0.500. The topological polar surface area (TPSA) is 28.2 Å². The van der Waals surface area contributed by atoms with Crippen LogP contribution in [0.2, 0.25) is 0 Å². The normalized spacial score (nSPS) is 28.3. The van der Waals surface area contributed by atoms with Crippen LogP contribution in [0.1, 0.15) is 30.0 Å². The molecule has 1 aromatic rings. The number of fused-ring (bicyclic) bond motifs is 1. The SMILES string of the molecule is C=C1CC[C@H]2[C@H](c3cnccc3C)NCCN12. The summed E-state index contributed by atoms with van der Waals surface area (Å²) in [6.45, 7) is 8.47. The van der Waals surface area contributed by atoms with Crippen molar-refractivity contribution in [3.63, 3.8) is 0 Å². The first-order chi connectivity index (χ1) is 8.27. The Hall–Kier alpha value is -1.35. The van der Waals surface area contributed by atoms with E-state index in [9.17, 15) is 0 Å². The first-order valence-electron chi connectivity index (χ1n) is 6.35.